The van der Waals surface area contributed by atoms with Gasteiger partial charge >= 0.3 is 0 Å². The van der Waals surface area contributed by atoms with E-state index in [1.54, 1.807) is 6.08 Å². The summed E-state index contributed by atoms with van der Waals surface area (Å²) in [6, 6.07) is -0.572. The van der Waals surface area contributed by atoms with Crippen molar-refractivity contribution < 1.29 is 9.59 Å². The monoisotopic (exact) mass is 405 g/mol. The summed E-state index contributed by atoms with van der Waals surface area (Å²) in [5.74, 6) is -0.388. The molecule has 0 spiro atoms. The molecule has 10 heteroatoms. The normalized spacial score (nSPS) is 15.6. The first kappa shape index (κ1) is 21.5. The second-order valence-corrected chi connectivity index (χ2v) is 8.37. The predicted octanol–water partition coefficient (Wildman–Crippen LogP) is 1.27. The van der Waals surface area contributed by atoms with Gasteiger partial charge in [-0.15, -0.1) is 0 Å². The van der Waals surface area contributed by atoms with Gasteiger partial charge in [0.25, 0.3) is 5.91 Å². The number of nitrogens with one attached hydrogen (secondary N) is 2. The summed E-state index contributed by atoms with van der Waals surface area (Å²) in [7, 11) is 0. The third kappa shape index (κ3) is 6.15. The smallest absolute Gasteiger partial charge is 0.271 e. The molecule has 0 aromatic carbocycles. The summed E-state index contributed by atoms with van der Waals surface area (Å²) < 4.78 is 0. The number of nitrogens with zero attached hydrogens (tertiary/aromatic N) is 2. The minimum Gasteiger partial charge on any atom is -0.402 e. The number of aromatic nitrogens is 2. The maximum absolute atomic E-state index is 11.7. The molecule has 8 N–H and O–H groups in total. The number of amides is 2. The van der Waals surface area contributed by atoms with E-state index in [4.69, 9.17) is 29.4 Å². The summed E-state index contributed by atoms with van der Waals surface area (Å²) in [6.45, 7) is 5.85. The summed E-state index contributed by atoms with van der Waals surface area (Å²) in [4.78, 5) is 32.0. The van der Waals surface area contributed by atoms with Crippen LogP contribution >= 0.6 is 12.2 Å². The average Bonchev–Trinajstić information content (AvgIpc) is 3.37. The van der Waals surface area contributed by atoms with Gasteiger partial charge in [0.2, 0.25) is 5.91 Å². The number of rotatable bonds is 8. The van der Waals surface area contributed by atoms with E-state index in [2.05, 4.69) is 20.6 Å². The zero-order valence-electron chi connectivity index (χ0n) is 16.3. The Morgan fingerprint density at radius 1 is 1.32 bits per heavy atom. The van der Waals surface area contributed by atoms with E-state index in [0.717, 1.165) is 12.8 Å². The molecule has 28 heavy (non-hydrogen) atoms. The van der Waals surface area contributed by atoms with Crippen molar-refractivity contribution in [3.63, 3.8) is 0 Å². The predicted molar refractivity (Wildman–Crippen MR) is 112 cm³/mol. The fourth-order valence-corrected chi connectivity index (χ4v) is 2.57. The van der Waals surface area contributed by atoms with Gasteiger partial charge in [-0.1, -0.05) is 45.8 Å². The van der Waals surface area contributed by atoms with Crippen LogP contribution in [0.15, 0.2) is 18.0 Å². The van der Waals surface area contributed by atoms with Gasteiger partial charge in [0.05, 0.1) is 6.20 Å². The summed E-state index contributed by atoms with van der Waals surface area (Å²) in [6.07, 6.45) is 5.71. The van der Waals surface area contributed by atoms with Crippen molar-refractivity contribution in [3.05, 3.63) is 23.7 Å². The number of allylic oxidation sites excluding steroid dienone is 1. The number of carbonyl (C=O) groups is 2. The number of anilines is 2. The zero-order chi connectivity index (χ0) is 21.1. The molecule has 9 nitrogen and oxygen atoms in total. The first-order valence-electron chi connectivity index (χ1n) is 8.98. The molecule has 0 saturated heterocycles. The molecule has 1 saturated carbocycles. The highest BCUT2D eigenvalue weighted by molar-refractivity contribution is 7.81. The maximum atomic E-state index is 11.7. The van der Waals surface area contributed by atoms with Crippen molar-refractivity contribution in [1.29, 1.82) is 0 Å². The van der Waals surface area contributed by atoms with E-state index < -0.39 is 17.9 Å². The lowest BCUT2D eigenvalue weighted by Gasteiger charge is -2.19. The molecular weight excluding hydrogens is 378 g/mol. The number of thiocarbonyl (C=S) groups is 1. The number of nitrogens with two attached hydrogens (primary N) is 3. The Morgan fingerprint density at radius 3 is 2.46 bits per heavy atom. The van der Waals surface area contributed by atoms with Crippen LogP contribution in [0.25, 0.3) is 0 Å². The van der Waals surface area contributed by atoms with E-state index >= 15 is 0 Å². The third-order valence-corrected chi connectivity index (χ3v) is 4.55. The second kappa shape index (κ2) is 8.51. The fourth-order valence-electron chi connectivity index (χ4n) is 2.35. The molecule has 1 heterocycles. The Balaban J connectivity index is 2.23. The van der Waals surface area contributed by atoms with E-state index in [0.29, 0.717) is 18.0 Å². The van der Waals surface area contributed by atoms with Crippen LogP contribution in [-0.2, 0) is 4.79 Å². The van der Waals surface area contributed by atoms with Crippen molar-refractivity contribution in [2.24, 2.45) is 28.5 Å². The van der Waals surface area contributed by atoms with Crippen LogP contribution in [0, 0.1) is 11.3 Å². The van der Waals surface area contributed by atoms with Gasteiger partial charge < -0.3 is 27.8 Å². The maximum Gasteiger partial charge on any atom is 0.271 e. The minimum atomic E-state index is -0.762. The average molecular weight is 406 g/mol. The van der Waals surface area contributed by atoms with Crippen LogP contribution in [0.2, 0.25) is 0 Å². The first-order chi connectivity index (χ1) is 13.0. The molecule has 0 radical (unpaired) electrons. The SMILES string of the molecule is CC(C)(C)C(N)=CC(=S)Nc1nc(N[C@H](CC2CC2)C(N)=O)cnc1C(N)=O. The molecule has 1 aromatic heterocycles. The van der Waals surface area contributed by atoms with Gasteiger partial charge in [-0.3, -0.25) is 9.59 Å². The quantitative estimate of drug-likeness (QED) is 0.319. The largest absolute Gasteiger partial charge is 0.402 e. The first-order valence-corrected chi connectivity index (χ1v) is 9.39. The Morgan fingerprint density at radius 2 is 1.96 bits per heavy atom. The lowest BCUT2D eigenvalue weighted by Crippen LogP contribution is -2.36. The highest BCUT2D eigenvalue weighted by Crippen LogP contribution is 2.34. The molecule has 0 bridgehead atoms. The lowest BCUT2D eigenvalue weighted by atomic mass is 9.92. The van der Waals surface area contributed by atoms with Gasteiger partial charge in [-0.05, 0) is 18.4 Å². The van der Waals surface area contributed by atoms with Crippen LogP contribution in [0.3, 0.4) is 0 Å². The molecule has 0 unspecified atom stereocenters. The zero-order valence-corrected chi connectivity index (χ0v) is 17.1. The van der Waals surface area contributed by atoms with Gasteiger partial charge in [0.1, 0.15) is 16.8 Å². The fraction of sp³-hybridized carbons (Fsp3) is 0.500. The van der Waals surface area contributed by atoms with Crippen molar-refractivity contribution in [1.82, 2.24) is 9.97 Å². The highest BCUT2D eigenvalue weighted by atomic mass is 32.1. The number of hydrogen-bond acceptors (Lipinski definition) is 7. The van der Waals surface area contributed by atoms with E-state index in [1.165, 1.54) is 6.20 Å². The summed E-state index contributed by atoms with van der Waals surface area (Å²) in [5.41, 5.74) is 17.1. The molecule has 1 aliphatic carbocycles. The summed E-state index contributed by atoms with van der Waals surface area (Å²) in [5, 5.41) is 5.81. The van der Waals surface area contributed by atoms with Gasteiger partial charge in [0, 0.05) is 11.1 Å². The molecule has 2 amide bonds. The molecule has 1 aromatic rings. The van der Waals surface area contributed by atoms with Crippen molar-refractivity contribution in [2.75, 3.05) is 10.6 Å². The molecule has 1 aliphatic rings. The highest BCUT2D eigenvalue weighted by Gasteiger charge is 2.28. The van der Waals surface area contributed by atoms with E-state index in [9.17, 15) is 9.59 Å². The van der Waals surface area contributed by atoms with Gasteiger partial charge in [-0.2, -0.15) is 0 Å². The molecule has 2 rings (SSSR count). The molecule has 1 fully saturated rings. The number of hydrogen-bond donors (Lipinski definition) is 5. The Labute approximate surface area is 169 Å². The Bertz CT molecular complexity index is 813. The van der Waals surface area contributed by atoms with Crippen LogP contribution in [0.5, 0.6) is 0 Å². The Kier molecular flexibility index (Phi) is 6.55. The lowest BCUT2D eigenvalue weighted by molar-refractivity contribution is -0.118. The topological polar surface area (TPSA) is 162 Å². The minimum absolute atomic E-state index is 0.0755. The van der Waals surface area contributed by atoms with Crippen molar-refractivity contribution in [2.45, 2.75) is 46.1 Å². The Hall–Kier alpha value is -2.75. The van der Waals surface area contributed by atoms with Gasteiger partial charge in [-0.25, -0.2) is 9.97 Å². The molecule has 1 atom stereocenters. The van der Waals surface area contributed by atoms with Crippen LogP contribution in [0.1, 0.15) is 50.5 Å². The van der Waals surface area contributed by atoms with Crippen LogP contribution in [-0.4, -0.2) is 32.8 Å². The van der Waals surface area contributed by atoms with E-state index in [-0.39, 0.29) is 27.7 Å². The molecular formula is C18H27N7O2S. The number of carbonyl (C=O) groups excluding carboxylic acids is 2. The van der Waals surface area contributed by atoms with Crippen molar-refractivity contribution >= 4 is 40.7 Å². The third-order valence-electron chi connectivity index (χ3n) is 4.33. The van der Waals surface area contributed by atoms with E-state index in [1.807, 2.05) is 20.8 Å². The summed E-state index contributed by atoms with van der Waals surface area (Å²) >= 11 is 5.28. The molecule has 0 aliphatic heterocycles. The standard InChI is InChI=1S/C18H27N7O2S/c1-18(2,3)11(19)7-13(28)25-17-14(16(21)27)22-8-12(24-17)23-10(15(20)26)6-9-4-5-9/h7-10H,4-6,19H2,1-3H3,(H2,20,26)(H2,21,27)(H2,23,24,25,28)/t10-/m1/s1. The van der Waals surface area contributed by atoms with Gasteiger partial charge in [0.15, 0.2) is 11.5 Å². The van der Waals surface area contributed by atoms with Crippen molar-refractivity contribution in [3.8, 4) is 0 Å². The molecule has 152 valence electrons. The van der Waals surface area contributed by atoms with Crippen LogP contribution < -0.4 is 27.8 Å². The van der Waals surface area contributed by atoms with Crippen LogP contribution in [0.4, 0.5) is 11.6 Å². The second-order valence-electron chi connectivity index (χ2n) is 7.93. The number of primary amides is 2.